The molecule has 164 valence electrons. The van der Waals surface area contributed by atoms with Crippen molar-refractivity contribution in [1.29, 1.82) is 0 Å². The van der Waals surface area contributed by atoms with E-state index in [2.05, 4.69) is 41.5 Å². The topological polar surface area (TPSA) is 75.1 Å². The van der Waals surface area contributed by atoms with E-state index in [-0.39, 0.29) is 18.0 Å². The first-order valence-electron chi connectivity index (χ1n) is 11.9. The molecular weight excluding hydrogens is 376 g/mol. The molecule has 0 radical (unpaired) electrons. The smallest absolute Gasteiger partial charge is 0.272 e. The number of fused-ring (bicyclic) bond motifs is 1. The van der Waals surface area contributed by atoms with Gasteiger partial charge in [0, 0.05) is 19.1 Å². The molecule has 0 atom stereocenters. The lowest BCUT2D eigenvalue weighted by atomic mass is 10.1. The zero-order valence-corrected chi connectivity index (χ0v) is 18.5. The van der Waals surface area contributed by atoms with Crippen molar-refractivity contribution in [2.45, 2.75) is 77.3 Å². The van der Waals surface area contributed by atoms with E-state index in [1.54, 1.807) is 0 Å². The van der Waals surface area contributed by atoms with Gasteiger partial charge in [0.05, 0.1) is 11.4 Å². The second-order valence-corrected chi connectivity index (χ2v) is 8.70. The number of anilines is 1. The Kier molecular flexibility index (Phi) is 6.87. The molecule has 2 N–H and O–H groups in total. The molecule has 0 bridgehead atoms. The van der Waals surface area contributed by atoms with Gasteiger partial charge in [-0.15, -0.1) is 0 Å². The van der Waals surface area contributed by atoms with Crippen LogP contribution in [-0.2, 0) is 0 Å². The summed E-state index contributed by atoms with van der Waals surface area (Å²) >= 11 is 0. The van der Waals surface area contributed by atoms with Gasteiger partial charge in [0.15, 0.2) is 11.3 Å². The van der Waals surface area contributed by atoms with Crippen molar-refractivity contribution in [3.63, 3.8) is 0 Å². The molecule has 7 nitrogen and oxygen atoms in total. The van der Waals surface area contributed by atoms with E-state index in [1.165, 1.54) is 25.7 Å². The highest BCUT2D eigenvalue weighted by atomic mass is 16.2. The van der Waals surface area contributed by atoms with Crippen LogP contribution in [0.1, 0.15) is 81.7 Å². The zero-order chi connectivity index (χ0) is 20.9. The average molecular weight is 413 g/mol. The van der Waals surface area contributed by atoms with Crippen LogP contribution >= 0.6 is 0 Å². The molecule has 0 aliphatic carbocycles. The number of pyridine rings is 1. The van der Waals surface area contributed by atoms with Crippen LogP contribution in [0.2, 0.25) is 0 Å². The van der Waals surface area contributed by atoms with E-state index in [9.17, 15) is 4.79 Å². The highest BCUT2D eigenvalue weighted by molar-refractivity contribution is 6.04. The van der Waals surface area contributed by atoms with Crippen LogP contribution in [0.15, 0.2) is 12.1 Å². The van der Waals surface area contributed by atoms with E-state index in [0.29, 0.717) is 5.69 Å². The number of nitrogens with one attached hydrogen (secondary N) is 2. The monoisotopic (exact) mass is 412 g/mol. The molecule has 7 heteroatoms. The molecule has 0 spiro atoms. The summed E-state index contributed by atoms with van der Waals surface area (Å²) in [5.74, 6) is 0.947. The minimum atomic E-state index is -0.0686. The number of nitrogens with zero attached hydrogens (tertiary/aromatic N) is 4. The molecular formula is C23H36N6O. The van der Waals surface area contributed by atoms with Gasteiger partial charge in [-0.1, -0.05) is 26.7 Å². The van der Waals surface area contributed by atoms with Crippen molar-refractivity contribution in [3.8, 4) is 0 Å². The normalized spacial score (nSPS) is 18.7. The number of hydrogen-bond acceptors (Lipinski definition) is 5. The lowest BCUT2D eigenvalue weighted by molar-refractivity contribution is 0.0925. The highest BCUT2D eigenvalue weighted by Crippen LogP contribution is 2.27. The van der Waals surface area contributed by atoms with Crippen LogP contribution in [0.3, 0.4) is 0 Å². The predicted octanol–water partition coefficient (Wildman–Crippen LogP) is 3.65. The second kappa shape index (κ2) is 9.77. The van der Waals surface area contributed by atoms with Gasteiger partial charge in [-0.2, -0.15) is 5.10 Å². The van der Waals surface area contributed by atoms with E-state index in [1.807, 2.05) is 4.68 Å². The van der Waals surface area contributed by atoms with Gasteiger partial charge < -0.3 is 15.5 Å². The summed E-state index contributed by atoms with van der Waals surface area (Å²) in [4.78, 5) is 20.6. The van der Waals surface area contributed by atoms with Crippen LogP contribution in [-0.4, -0.2) is 52.9 Å². The summed E-state index contributed by atoms with van der Waals surface area (Å²) in [6.45, 7) is 8.37. The van der Waals surface area contributed by atoms with E-state index in [4.69, 9.17) is 10.1 Å². The Bertz CT molecular complexity index is 845. The first kappa shape index (κ1) is 21.1. The summed E-state index contributed by atoms with van der Waals surface area (Å²) in [7, 11) is 0. The second-order valence-electron chi connectivity index (χ2n) is 8.70. The standard InChI is InChI=1S/C23H36N6O/c1-3-18(4-2)29-22-19(9-10-20(26-22)28-15-7-5-6-8-16-28)21(27-29)23(30)25-17-11-13-24-14-12-17/h9-10,17-18,24H,3-8,11-16H2,1-2H3,(H,25,30). The lowest BCUT2D eigenvalue weighted by Gasteiger charge is -2.23. The molecule has 2 aliphatic rings. The van der Waals surface area contributed by atoms with Crippen molar-refractivity contribution in [3.05, 3.63) is 17.8 Å². The van der Waals surface area contributed by atoms with E-state index in [0.717, 1.165) is 68.7 Å². The SMILES string of the molecule is CCC(CC)n1nc(C(=O)NC2CCNCC2)c2ccc(N3CCCCCC3)nc21. The maximum absolute atomic E-state index is 13.1. The van der Waals surface area contributed by atoms with Gasteiger partial charge in [-0.05, 0) is 63.7 Å². The molecule has 2 aromatic rings. The summed E-state index contributed by atoms with van der Waals surface area (Å²) in [6, 6.07) is 4.61. The molecule has 4 rings (SSSR count). The quantitative estimate of drug-likeness (QED) is 0.757. The van der Waals surface area contributed by atoms with Gasteiger partial charge in [0.25, 0.3) is 5.91 Å². The highest BCUT2D eigenvalue weighted by Gasteiger charge is 2.25. The van der Waals surface area contributed by atoms with Crippen molar-refractivity contribution in [2.75, 3.05) is 31.1 Å². The van der Waals surface area contributed by atoms with E-state index < -0.39 is 0 Å². The Balaban J connectivity index is 1.68. The first-order valence-corrected chi connectivity index (χ1v) is 11.9. The molecule has 2 aromatic heterocycles. The van der Waals surface area contributed by atoms with Gasteiger partial charge in [-0.25, -0.2) is 9.67 Å². The number of carbonyl (C=O) groups excluding carboxylic acids is 1. The number of carbonyl (C=O) groups is 1. The van der Waals surface area contributed by atoms with Crippen molar-refractivity contribution in [2.24, 2.45) is 0 Å². The lowest BCUT2D eigenvalue weighted by Crippen LogP contribution is -2.42. The third-order valence-corrected chi connectivity index (χ3v) is 6.65. The first-order chi connectivity index (χ1) is 14.7. The van der Waals surface area contributed by atoms with Gasteiger partial charge >= 0.3 is 0 Å². The van der Waals surface area contributed by atoms with Gasteiger partial charge in [0.2, 0.25) is 0 Å². The molecule has 0 saturated carbocycles. The minimum absolute atomic E-state index is 0.0686. The fourth-order valence-electron chi connectivity index (χ4n) is 4.76. The molecule has 2 aliphatic heterocycles. The summed E-state index contributed by atoms with van der Waals surface area (Å²) in [6.07, 6.45) is 8.90. The third-order valence-electron chi connectivity index (χ3n) is 6.65. The van der Waals surface area contributed by atoms with Crippen molar-refractivity contribution in [1.82, 2.24) is 25.4 Å². The molecule has 30 heavy (non-hydrogen) atoms. The maximum Gasteiger partial charge on any atom is 0.272 e. The van der Waals surface area contributed by atoms with Crippen LogP contribution in [0.4, 0.5) is 5.82 Å². The van der Waals surface area contributed by atoms with Crippen LogP contribution < -0.4 is 15.5 Å². The summed E-state index contributed by atoms with van der Waals surface area (Å²) in [5.41, 5.74) is 1.37. The Hall–Kier alpha value is -2.15. The number of aromatic nitrogens is 3. The Labute approximate surface area is 179 Å². The molecule has 2 fully saturated rings. The maximum atomic E-state index is 13.1. The number of hydrogen-bond donors (Lipinski definition) is 2. The van der Waals surface area contributed by atoms with Crippen LogP contribution in [0.25, 0.3) is 11.0 Å². The fourth-order valence-corrected chi connectivity index (χ4v) is 4.76. The number of rotatable bonds is 6. The summed E-state index contributed by atoms with van der Waals surface area (Å²) < 4.78 is 2.01. The van der Waals surface area contributed by atoms with Crippen LogP contribution in [0, 0.1) is 0 Å². The largest absolute Gasteiger partial charge is 0.357 e. The van der Waals surface area contributed by atoms with Crippen molar-refractivity contribution < 1.29 is 4.79 Å². The molecule has 2 saturated heterocycles. The Morgan fingerprint density at radius 1 is 1.13 bits per heavy atom. The van der Waals surface area contributed by atoms with Crippen molar-refractivity contribution >= 4 is 22.8 Å². The zero-order valence-electron chi connectivity index (χ0n) is 18.5. The molecule has 1 amide bonds. The number of piperidine rings is 1. The molecule has 0 unspecified atom stereocenters. The fraction of sp³-hybridized carbons (Fsp3) is 0.696. The van der Waals surface area contributed by atoms with Crippen LogP contribution in [0.5, 0.6) is 0 Å². The Morgan fingerprint density at radius 3 is 2.50 bits per heavy atom. The third kappa shape index (κ3) is 4.46. The average Bonchev–Trinajstić information content (AvgIpc) is 2.95. The minimum Gasteiger partial charge on any atom is -0.357 e. The predicted molar refractivity (Wildman–Crippen MR) is 121 cm³/mol. The van der Waals surface area contributed by atoms with Gasteiger partial charge in [-0.3, -0.25) is 4.79 Å². The van der Waals surface area contributed by atoms with E-state index >= 15 is 0 Å². The molecule has 0 aromatic carbocycles. The molecule has 4 heterocycles. The Morgan fingerprint density at radius 2 is 1.83 bits per heavy atom. The van der Waals surface area contributed by atoms with Gasteiger partial charge in [0.1, 0.15) is 5.82 Å². The summed E-state index contributed by atoms with van der Waals surface area (Å²) in [5, 5.41) is 12.2. The number of amides is 1.